The van der Waals surface area contributed by atoms with Gasteiger partial charge < -0.3 is 19.7 Å². The van der Waals surface area contributed by atoms with Gasteiger partial charge in [0.05, 0.1) is 24.3 Å². The van der Waals surface area contributed by atoms with E-state index in [1.54, 1.807) is 55.6 Å². The van der Waals surface area contributed by atoms with Crippen LogP contribution in [0.3, 0.4) is 0 Å². The minimum absolute atomic E-state index is 0.00462. The van der Waals surface area contributed by atoms with E-state index in [-0.39, 0.29) is 23.8 Å². The third kappa shape index (κ3) is 9.60. The second-order valence-corrected chi connectivity index (χ2v) is 14.4. The number of ether oxygens (including phenoxy) is 2. The van der Waals surface area contributed by atoms with Gasteiger partial charge in [-0.15, -0.1) is 0 Å². The molecule has 0 aliphatic rings. The molecule has 1 N–H and O–H groups in total. The van der Waals surface area contributed by atoms with Gasteiger partial charge in [-0.25, -0.2) is 8.42 Å². The highest BCUT2D eigenvalue weighted by Crippen LogP contribution is 2.27. The Morgan fingerprint density at radius 1 is 0.833 bits per heavy atom. The third-order valence-electron chi connectivity index (χ3n) is 7.58. The van der Waals surface area contributed by atoms with E-state index >= 15 is 0 Å². The molecule has 0 heterocycles. The second kappa shape index (κ2) is 15.8. The van der Waals surface area contributed by atoms with Gasteiger partial charge in [0.2, 0.25) is 11.8 Å². The Kier molecular flexibility index (Phi) is 11.9. The van der Waals surface area contributed by atoms with Crippen LogP contribution in [-0.4, -0.2) is 57.0 Å². The topological polar surface area (TPSA) is 105 Å². The lowest BCUT2D eigenvalue weighted by atomic mass is 10.0. The van der Waals surface area contributed by atoms with Crippen molar-refractivity contribution in [2.24, 2.45) is 0 Å². The van der Waals surface area contributed by atoms with E-state index in [0.29, 0.717) is 23.8 Å². The minimum atomic E-state index is -4.23. The number of aryl methyl sites for hydroxylation is 1. The first-order chi connectivity index (χ1) is 22.8. The summed E-state index contributed by atoms with van der Waals surface area (Å²) in [6, 6.07) is 28.8. The first-order valence-electron chi connectivity index (χ1n) is 15.9. The molecule has 4 aromatic rings. The van der Waals surface area contributed by atoms with Crippen molar-refractivity contribution in [1.82, 2.24) is 10.2 Å². The normalized spacial score (nSPS) is 12.1. The molecule has 0 bridgehead atoms. The molecule has 0 saturated carbocycles. The standard InChI is InChI=1S/C38H45N3O6S/c1-7-47-32-20-22-34(23-21-32)48(44,45)41(31-18-16-28(2)17-19-31)27-36(42)40(26-30-14-11-15-33(24-30)46-6)35(37(43)39-38(3,4)5)25-29-12-9-8-10-13-29/h8-24,35H,7,25-27H2,1-6H3,(H,39,43). The predicted octanol–water partition coefficient (Wildman–Crippen LogP) is 6.15. The lowest BCUT2D eigenvalue weighted by Crippen LogP contribution is -2.56. The van der Waals surface area contributed by atoms with Crippen molar-refractivity contribution in [1.29, 1.82) is 0 Å². The SMILES string of the molecule is CCOc1ccc(S(=O)(=O)N(CC(=O)N(Cc2cccc(OC)c2)C(Cc2ccccc2)C(=O)NC(C)(C)C)c2ccc(C)cc2)cc1. The average Bonchev–Trinajstić information content (AvgIpc) is 3.05. The first-order valence-corrected chi connectivity index (χ1v) is 17.4. The van der Waals surface area contributed by atoms with Gasteiger partial charge >= 0.3 is 0 Å². The molecule has 1 atom stereocenters. The number of hydrogen-bond acceptors (Lipinski definition) is 6. The maximum Gasteiger partial charge on any atom is 0.264 e. The second-order valence-electron chi connectivity index (χ2n) is 12.6. The number of anilines is 1. The number of nitrogens with zero attached hydrogens (tertiary/aromatic N) is 2. The maximum atomic E-state index is 14.7. The van der Waals surface area contributed by atoms with Crippen LogP contribution in [0.4, 0.5) is 5.69 Å². The van der Waals surface area contributed by atoms with E-state index in [0.717, 1.165) is 21.0 Å². The van der Waals surface area contributed by atoms with E-state index in [1.165, 1.54) is 17.0 Å². The van der Waals surface area contributed by atoms with Crippen molar-refractivity contribution < 1.29 is 27.5 Å². The van der Waals surface area contributed by atoms with E-state index in [4.69, 9.17) is 9.47 Å². The third-order valence-corrected chi connectivity index (χ3v) is 9.37. The first kappa shape index (κ1) is 36.0. The Morgan fingerprint density at radius 2 is 1.48 bits per heavy atom. The fourth-order valence-electron chi connectivity index (χ4n) is 5.22. The minimum Gasteiger partial charge on any atom is -0.497 e. The summed E-state index contributed by atoms with van der Waals surface area (Å²) in [5.74, 6) is 0.238. The molecule has 48 heavy (non-hydrogen) atoms. The Morgan fingerprint density at radius 3 is 2.08 bits per heavy atom. The Bertz CT molecular complexity index is 1770. The van der Waals surface area contributed by atoms with Gasteiger partial charge in [0.1, 0.15) is 24.1 Å². The summed E-state index contributed by atoms with van der Waals surface area (Å²) in [5, 5.41) is 3.04. The summed E-state index contributed by atoms with van der Waals surface area (Å²) < 4.78 is 40.6. The zero-order valence-corrected chi connectivity index (χ0v) is 29.3. The molecule has 0 fully saturated rings. The van der Waals surface area contributed by atoms with Gasteiger partial charge in [-0.3, -0.25) is 13.9 Å². The van der Waals surface area contributed by atoms with Gasteiger partial charge in [-0.2, -0.15) is 0 Å². The van der Waals surface area contributed by atoms with Gasteiger partial charge in [0.25, 0.3) is 10.0 Å². The van der Waals surface area contributed by atoms with Crippen LogP contribution >= 0.6 is 0 Å². The number of nitrogens with one attached hydrogen (secondary N) is 1. The van der Waals surface area contributed by atoms with Gasteiger partial charge in [0, 0.05) is 18.5 Å². The molecule has 0 aliphatic heterocycles. The lowest BCUT2D eigenvalue weighted by Gasteiger charge is -2.35. The predicted molar refractivity (Wildman–Crippen MR) is 189 cm³/mol. The summed E-state index contributed by atoms with van der Waals surface area (Å²) in [7, 11) is -2.68. The molecule has 10 heteroatoms. The van der Waals surface area contributed by atoms with Crippen molar-refractivity contribution in [3.05, 3.63) is 120 Å². The van der Waals surface area contributed by atoms with Crippen LogP contribution in [0.2, 0.25) is 0 Å². The summed E-state index contributed by atoms with van der Waals surface area (Å²) in [6.45, 7) is 9.31. The molecule has 9 nitrogen and oxygen atoms in total. The zero-order valence-electron chi connectivity index (χ0n) is 28.5. The van der Waals surface area contributed by atoms with Crippen molar-refractivity contribution in [2.75, 3.05) is 24.6 Å². The molecule has 254 valence electrons. The highest BCUT2D eigenvalue weighted by Gasteiger charge is 2.35. The fourth-order valence-corrected chi connectivity index (χ4v) is 6.63. The zero-order chi connectivity index (χ0) is 34.9. The molecule has 2 amide bonds. The summed E-state index contributed by atoms with van der Waals surface area (Å²) in [4.78, 5) is 30.2. The smallest absolute Gasteiger partial charge is 0.264 e. The highest BCUT2D eigenvalue weighted by atomic mass is 32.2. The van der Waals surface area contributed by atoms with Gasteiger partial charge in [-0.1, -0.05) is 60.2 Å². The molecular formula is C38H45N3O6S. The largest absolute Gasteiger partial charge is 0.497 e. The van der Waals surface area contributed by atoms with Crippen LogP contribution in [0.25, 0.3) is 0 Å². The maximum absolute atomic E-state index is 14.7. The monoisotopic (exact) mass is 671 g/mol. The number of sulfonamides is 1. The molecule has 0 aliphatic carbocycles. The summed E-state index contributed by atoms with van der Waals surface area (Å²) in [6.07, 6.45) is 0.217. The number of carbonyl (C=O) groups is 2. The molecule has 0 spiro atoms. The number of methoxy groups -OCH3 is 1. The van der Waals surface area contributed by atoms with Crippen molar-refractivity contribution in [2.45, 2.75) is 64.1 Å². The molecule has 1 unspecified atom stereocenters. The van der Waals surface area contributed by atoms with Crippen LogP contribution in [0.1, 0.15) is 44.4 Å². The summed E-state index contributed by atoms with van der Waals surface area (Å²) >= 11 is 0. The van der Waals surface area contributed by atoms with E-state index in [9.17, 15) is 18.0 Å². The van der Waals surface area contributed by atoms with Crippen LogP contribution < -0.4 is 19.1 Å². The van der Waals surface area contributed by atoms with Crippen molar-refractivity contribution in [3.8, 4) is 11.5 Å². The quantitative estimate of drug-likeness (QED) is 0.172. The Labute approximate surface area is 284 Å². The molecular weight excluding hydrogens is 627 g/mol. The number of benzene rings is 4. The number of rotatable bonds is 14. The Hall–Kier alpha value is -4.83. The van der Waals surface area contributed by atoms with E-state index < -0.39 is 34.1 Å². The Balaban J connectivity index is 1.81. The van der Waals surface area contributed by atoms with Gasteiger partial charge in [0.15, 0.2) is 0 Å². The number of carbonyl (C=O) groups excluding carboxylic acids is 2. The van der Waals surface area contributed by atoms with Crippen LogP contribution in [0.5, 0.6) is 11.5 Å². The van der Waals surface area contributed by atoms with E-state index in [1.807, 2.05) is 77.1 Å². The molecule has 4 aromatic carbocycles. The summed E-state index contributed by atoms with van der Waals surface area (Å²) in [5.41, 5.74) is 2.25. The van der Waals surface area contributed by atoms with Crippen LogP contribution in [0, 0.1) is 6.92 Å². The van der Waals surface area contributed by atoms with Crippen LogP contribution in [0.15, 0.2) is 108 Å². The molecule has 0 saturated heterocycles. The lowest BCUT2D eigenvalue weighted by molar-refractivity contribution is -0.140. The number of amides is 2. The molecule has 0 radical (unpaired) electrons. The fraction of sp³-hybridized carbons (Fsp3) is 0.316. The average molecular weight is 672 g/mol. The van der Waals surface area contributed by atoms with Crippen LogP contribution in [-0.2, 0) is 32.6 Å². The van der Waals surface area contributed by atoms with Crippen molar-refractivity contribution in [3.63, 3.8) is 0 Å². The van der Waals surface area contributed by atoms with E-state index in [2.05, 4.69) is 5.32 Å². The number of hydrogen-bond donors (Lipinski definition) is 1. The van der Waals surface area contributed by atoms with Crippen molar-refractivity contribution >= 4 is 27.5 Å². The molecule has 4 rings (SSSR count). The molecule has 0 aromatic heterocycles. The van der Waals surface area contributed by atoms with Gasteiger partial charge in [-0.05, 0) is 94.3 Å². The highest BCUT2D eigenvalue weighted by molar-refractivity contribution is 7.92.